The first kappa shape index (κ1) is 20.4. The van der Waals surface area contributed by atoms with Crippen LogP contribution in [0.5, 0.6) is 5.75 Å². The van der Waals surface area contributed by atoms with Gasteiger partial charge in [0.05, 0.1) is 16.9 Å². The number of hydrogen-bond donors (Lipinski definition) is 1. The Kier molecular flexibility index (Phi) is 6.41. The zero-order valence-electron chi connectivity index (χ0n) is 15.7. The molecule has 1 heterocycles. The number of hydrogen-bond acceptors (Lipinski definition) is 3. The van der Waals surface area contributed by atoms with Gasteiger partial charge in [-0.2, -0.15) is 5.10 Å². The summed E-state index contributed by atoms with van der Waals surface area (Å²) in [5.41, 5.74) is 7.01. The fourth-order valence-electron chi connectivity index (χ4n) is 2.96. The van der Waals surface area contributed by atoms with Crippen LogP contribution in [0.15, 0.2) is 53.6 Å². The van der Waals surface area contributed by atoms with Crippen molar-refractivity contribution in [3.63, 3.8) is 0 Å². The fourth-order valence-corrected chi connectivity index (χ4v) is 3.70. The first-order valence-electron chi connectivity index (χ1n) is 8.52. The lowest BCUT2D eigenvalue weighted by Crippen LogP contribution is -2.17. The van der Waals surface area contributed by atoms with Crippen LogP contribution >= 0.6 is 34.2 Å². The number of amides is 1. The van der Waals surface area contributed by atoms with Crippen molar-refractivity contribution in [1.82, 2.24) is 9.99 Å². The number of aryl methyl sites for hydroxylation is 1. The first-order valence-corrected chi connectivity index (χ1v) is 9.98. The number of nitrogens with one attached hydrogen (secondary N) is 1. The Morgan fingerprint density at radius 1 is 1.21 bits per heavy atom. The number of nitrogens with zero attached hydrogens (tertiary/aromatic N) is 2. The predicted octanol–water partition coefficient (Wildman–Crippen LogP) is 5.12. The zero-order valence-corrected chi connectivity index (χ0v) is 18.6. The maximum Gasteiger partial charge on any atom is 0.271 e. The highest BCUT2D eigenvalue weighted by atomic mass is 127. The lowest BCUT2D eigenvalue weighted by molar-refractivity contribution is 0.0954. The van der Waals surface area contributed by atoms with Gasteiger partial charge in [-0.3, -0.25) is 4.79 Å². The zero-order chi connectivity index (χ0) is 20.3. The van der Waals surface area contributed by atoms with Gasteiger partial charge in [-0.1, -0.05) is 17.7 Å². The van der Waals surface area contributed by atoms with Crippen molar-refractivity contribution in [2.45, 2.75) is 13.8 Å². The van der Waals surface area contributed by atoms with Crippen LogP contribution in [0.25, 0.3) is 5.69 Å². The Morgan fingerprint density at radius 2 is 2.00 bits per heavy atom. The molecule has 0 saturated heterocycles. The molecule has 7 heteroatoms. The molecule has 0 unspecified atom stereocenters. The van der Waals surface area contributed by atoms with Crippen molar-refractivity contribution in [3.8, 4) is 11.4 Å². The van der Waals surface area contributed by atoms with Crippen LogP contribution in [0, 0.1) is 17.4 Å². The second kappa shape index (κ2) is 8.79. The molecule has 0 aliphatic rings. The molecule has 0 saturated carbocycles. The Labute approximate surface area is 182 Å². The molecular formula is C21H19ClIN3O2. The van der Waals surface area contributed by atoms with Gasteiger partial charge in [-0.05, 0) is 78.9 Å². The van der Waals surface area contributed by atoms with Gasteiger partial charge in [0, 0.05) is 33.2 Å². The Morgan fingerprint density at radius 3 is 2.71 bits per heavy atom. The second-order valence-electron chi connectivity index (χ2n) is 6.19. The third kappa shape index (κ3) is 4.39. The summed E-state index contributed by atoms with van der Waals surface area (Å²) in [4.78, 5) is 12.3. The Bertz CT molecular complexity index is 1060. The van der Waals surface area contributed by atoms with Gasteiger partial charge in [0.15, 0.2) is 0 Å². The molecule has 0 fully saturated rings. The van der Waals surface area contributed by atoms with Crippen LogP contribution in [0.2, 0.25) is 5.02 Å². The molecule has 144 valence electrons. The summed E-state index contributed by atoms with van der Waals surface area (Å²) in [7, 11) is 1.58. The molecule has 0 bridgehead atoms. The normalized spacial score (nSPS) is 11.0. The molecule has 3 aromatic rings. The molecule has 3 rings (SSSR count). The molecule has 2 aromatic carbocycles. The highest BCUT2D eigenvalue weighted by molar-refractivity contribution is 14.1. The maximum absolute atomic E-state index is 12.3. The summed E-state index contributed by atoms with van der Waals surface area (Å²) in [6.45, 7) is 4.02. The quantitative estimate of drug-likeness (QED) is 0.296. The maximum atomic E-state index is 12.3. The van der Waals surface area contributed by atoms with Gasteiger partial charge in [0.25, 0.3) is 5.91 Å². The highest BCUT2D eigenvalue weighted by Gasteiger charge is 2.11. The number of carbonyl (C=O) groups excluding carboxylic acids is 1. The summed E-state index contributed by atoms with van der Waals surface area (Å²) in [5.74, 6) is 0.358. The van der Waals surface area contributed by atoms with Gasteiger partial charge in [-0.15, -0.1) is 0 Å². The minimum absolute atomic E-state index is 0.297. The van der Waals surface area contributed by atoms with E-state index in [1.54, 1.807) is 25.5 Å². The number of rotatable bonds is 5. The molecule has 1 N–H and O–H groups in total. The second-order valence-corrected chi connectivity index (χ2v) is 7.79. The monoisotopic (exact) mass is 507 g/mol. The summed E-state index contributed by atoms with van der Waals surface area (Å²) in [5, 5.41) is 4.80. The number of benzene rings is 2. The van der Waals surface area contributed by atoms with Gasteiger partial charge < -0.3 is 9.30 Å². The van der Waals surface area contributed by atoms with Crippen LogP contribution in [-0.4, -0.2) is 23.8 Å². The van der Waals surface area contributed by atoms with E-state index in [-0.39, 0.29) is 5.91 Å². The molecule has 1 amide bonds. The summed E-state index contributed by atoms with van der Waals surface area (Å²) in [6.07, 6.45) is 1.64. The predicted molar refractivity (Wildman–Crippen MR) is 121 cm³/mol. The first-order chi connectivity index (χ1) is 13.4. The molecule has 0 atom stereocenters. The summed E-state index contributed by atoms with van der Waals surface area (Å²) in [6, 6.07) is 14.9. The average molecular weight is 508 g/mol. The smallest absolute Gasteiger partial charge is 0.271 e. The third-order valence-electron chi connectivity index (χ3n) is 4.32. The highest BCUT2D eigenvalue weighted by Crippen LogP contribution is 2.23. The van der Waals surface area contributed by atoms with Gasteiger partial charge in [0.1, 0.15) is 5.75 Å². The van der Waals surface area contributed by atoms with Gasteiger partial charge in [-0.25, -0.2) is 5.43 Å². The minimum Gasteiger partial charge on any atom is -0.496 e. The average Bonchev–Trinajstić information content (AvgIpc) is 2.95. The lowest BCUT2D eigenvalue weighted by Gasteiger charge is -2.09. The Hall–Kier alpha value is -2.32. The van der Waals surface area contributed by atoms with Crippen LogP contribution in [0.1, 0.15) is 27.3 Å². The van der Waals surface area contributed by atoms with E-state index in [0.29, 0.717) is 16.3 Å². The van der Waals surface area contributed by atoms with Crippen molar-refractivity contribution in [1.29, 1.82) is 0 Å². The van der Waals surface area contributed by atoms with Crippen LogP contribution in [0.3, 0.4) is 0 Å². The molecule has 0 spiro atoms. The molecule has 5 nitrogen and oxygen atoms in total. The van der Waals surface area contributed by atoms with E-state index in [1.165, 1.54) is 0 Å². The molecule has 0 aliphatic carbocycles. The fraction of sp³-hybridized carbons (Fsp3) is 0.143. The van der Waals surface area contributed by atoms with E-state index < -0.39 is 0 Å². The number of ether oxygens (including phenoxy) is 1. The Balaban J connectivity index is 1.78. The molecular weight excluding hydrogens is 489 g/mol. The van der Waals surface area contributed by atoms with Crippen molar-refractivity contribution >= 4 is 46.3 Å². The van der Waals surface area contributed by atoms with Crippen LogP contribution < -0.4 is 10.2 Å². The molecule has 0 aliphatic heterocycles. The van der Waals surface area contributed by atoms with E-state index in [0.717, 1.165) is 26.2 Å². The number of halogens is 2. The van der Waals surface area contributed by atoms with E-state index in [2.05, 4.69) is 37.7 Å². The molecule has 0 radical (unpaired) electrons. The van der Waals surface area contributed by atoms with Crippen molar-refractivity contribution < 1.29 is 9.53 Å². The topological polar surface area (TPSA) is 55.6 Å². The van der Waals surface area contributed by atoms with Gasteiger partial charge in [0.2, 0.25) is 0 Å². The largest absolute Gasteiger partial charge is 0.496 e. The lowest BCUT2D eigenvalue weighted by atomic mass is 10.2. The number of hydrazone groups is 1. The van der Waals surface area contributed by atoms with Crippen LogP contribution in [0.4, 0.5) is 0 Å². The van der Waals surface area contributed by atoms with Crippen molar-refractivity contribution in [2.24, 2.45) is 5.10 Å². The van der Waals surface area contributed by atoms with Gasteiger partial charge >= 0.3 is 0 Å². The number of carbonyl (C=O) groups is 1. The molecule has 28 heavy (non-hydrogen) atoms. The van der Waals surface area contributed by atoms with E-state index in [1.807, 2.05) is 50.2 Å². The third-order valence-corrected chi connectivity index (χ3v) is 5.45. The van der Waals surface area contributed by atoms with E-state index in [9.17, 15) is 4.79 Å². The van der Waals surface area contributed by atoms with E-state index in [4.69, 9.17) is 16.3 Å². The number of aromatic nitrogens is 1. The summed E-state index contributed by atoms with van der Waals surface area (Å²) >= 11 is 8.27. The summed E-state index contributed by atoms with van der Waals surface area (Å²) < 4.78 is 8.29. The van der Waals surface area contributed by atoms with Crippen molar-refractivity contribution in [3.05, 3.63) is 79.6 Å². The number of methoxy groups -OCH3 is 1. The van der Waals surface area contributed by atoms with Crippen LogP contribution in [-0.2, 0) is 0 Å². The standard InChI is InChI=1S/C21H19ClIN3O2/c1-13-9-16(14(2)26(13)18-6-4-5-17(22)11-18)12-24-25-21(27)15-7-8-19(23)20(10-15)28-3/h4-12H,1-3H3,(H,25,27)/b24-12-. The van der Waals surface area contributed by atoms with E-state index >= 15 is 0 Å². The minimum atomic E-state index is -0.297. The molecule has 1 aromatic heterocycles. The SMILES string of the molecule is COc1cc(C(=O)N/N=C\c2cc(C)n(-c3cccc(Cl)c3)c2C)ccc1I. The van der Waals surface area contributed by atoms with Crippen molar-refractivity contribution in [2.75, 3.05) is 7.11 Å².